The van der Waals surface area contributed by atoms with E-state index >= 15 is 0 Å². The van der Waals surface area contributed by atoms with Gasteiger partial charge in [-0.25, -0.2) is 4.39 Å². The summed E-state index contributed by atoms with van der Waals surface area (Å²) in [6.07, 6.45) is -0.207. The molecule has 0 aromatic heterocycles. The number of allylic oxidation sites excluding steroid dienone is 1. The van der Waals surface area contributed by atoms with Gasteiger partial charge < -0.3 is 4.74 Å². The number of hydrogen-bond acceptors (Lipinski definition) is 1. The van der Waals surface area contributed by atoms with Crippen LogP contribution in [-0.2, 0) is 0 Å². The zero-order chi connectivity index (χ0) is 17.4. The van der Waals surface area contributed by atoms with Crippen LogP contribution in [0.25, 0.3) is 11.1 Å². The number of benzene rings is 3. The van der Waals surface area contributed by atoms with Gasteiger partial charge in [-0.05, 0) is 54.8 Å². The van der Waals surface area contributed by atoms with Crippen LogP contribution in [0.3, 0.4) is 0 Å². The van der Waals surface area contributed by atoms with Crippen molar-refractivity contribution in [1.29, 1.82) is 0 Å². The van der Waals surface area contributed by atoms with E-state index in [-0.39, 0.29) is 11.9 Å². The molecule has 0 spiro atoms. The van der Waals surface area contributed by atoms with E-state index in [9.17, 15) is 4.39 Å². The fraction of sp³-hybridized carbons (Fsp3) is 0.130. The van der Waals surface area contributed by atoms with Crippen molar-refractivity contribution in [2.75, 3.05) is 0 Å². The highest BCUT2D eigenvalue weighted by atomic mass is 19.1. The third-order valence-electron chi connectivity index (χ3n) is 4.71. The van der Waals surface area contributed by atoms with Crippen LogP contribution in [0.1, 0.15) is 35.3 Å². The highest BCUT2D eigenvalue weighted by Crippen LogP contribution is 2.46. The molecular weight excluding hydrogens is 311 g/mol. The second kappa shape index (κ2) is 6.21. The van der Waals surface area contributed by atoms with E-state index in [1.54, 1.807) is 0 Å². The van der Waals surface area contributed by atoms with E-state index in [1.807, 2.05) is 36.4 Å². The lowest BCUT2D eigenvalue weighted by atomic mass is 9.86. The van der Waals surface area contributed by atoms with Crippen LogP contribution in [-0.4, -0.2) is 0 Å². The van der Waals surface area contributed by atoms with Crippen molar-refractivity contribution < 1.29 is 9.13 Å². The number of fused-ring (bicyclic) bond motifs is 1. The standard InChI is InChI=1S/C23H19FO/c1-15-8-13-21-20(14-15)16(2)22(17-9-11-19(24)12-10-17)23(25-21)18-6-4-3-5-7-18/h3-14,23H,1-2H3. The van der Waals surface area contributed by atoms with Crippen molar-refractivity contribution in [2.45, 2.75) is 20.0 Å². The minimum atomic E-state index is -0.230. The monoisotopic (exact) mass is 330 g/mol. The van der Waals surface area contributed by atoms with E-state index < -0.39 is 0 Å². The van der Waals surface area contributed by atoms with E-state index in [2.05, 4.69) is 38.1 Å². The van der Waals surface area contributed by atoms with Gasteiger partial charge in [0.25, 0.3) is 0 Å². The van der Waals surface area contributed by atoms with Gasteiger partial charge in [-0.3, -0.25) is 0 Å². The van der Waals surface area contributed by atoms with Gasteiger partial charge >= 0.3 is 0 Å². The molecule has 1 heterocycles. The Bertz CT molecular complexity index is 940. The van der Waals surface area contributed by atoms with Gasteiger partial charge in [0.15, 0.2) is 0 Å². The minimum Gasteiger partial charge on any atom is -0.480 e. The molecule has 0 saturated carbocycles. The molecule has 1 aliphatic rings. The Morgan fingerprint density at radius 2 is 1.56 bits per heavy atom. The molecule has 0 amide bonds. The van der Waals surface area contributed by atoms with Crippen molar-refractivity contribution in [3.8, 4) is 5.75 Å². The topological polar surface area (TPSA) is 9.23 Å². The molecule has 0 saturated heterocycles. The van der Waals surface area contributed by atoms with E-state index in [0.29, 0.717) is 0 Å². The molecular formula is C23H19FO. The molecule has 124 valence electrons. The average Bonchev–Trinajstić information content (AvgIpc) is 2.64. The van der Waals surface area contributed by atoms with Gasteiger partial charge in [-0.2, -0.15) is 0 Å². The predicted molar refractivity (Wildman–Crippen MR) is 99.9 cm³/mol. The summed E-state index contributed by atoms with van der Waals surface area (Å²) in [5, 5.41) is 0. The van der Waals surface area contributed by atoms with Crippen LogP contribution in [0.4, 0.5) is 4.39 Å². The Hall–Kier alpha value is -2.87. The Morgan fingerprint density at radius 3 is 2.28 bits per heavy atom. The summed E-state index contributed by atoms with van der Waals surface area (Å²) < 4.78 is 19.8. The second-order valence-electron chi connectivity index (χ2n) is 6.45. The lowest BCUT2D eigenvalue weighted by Crippen LogP contribution is -2.16. The van der Waals surface area contributed by atoms with Gasteiger partial charge in [0.1, 0.15) is 17.7 Å². The fourth-order valence-electron chi connectivity index (χ4n) is 3.43. The zero-order valence-corrected chi connectivity index (χ0v) is 14.3. The maximum atomic E-state index is 13.4. The number of halogens is 1. The number of aryl methyl sites for hydroxylation is 1. The van der Waals surface area contributed by atoms with Crippen LogP contribution in [0.2, 0.25) is 0 Å². The molecule has 1 atom stereocenters. The smallest absolute Gasteiger partial charge is 0.150 e. The van der Waals surface area contributed by atoms with Gasteiger partial charge in [0.2, 0.25) is 0 Å². The zero-order valence-electron chi connectivity index (χ0n) is 14.3. The van der Waals surface area contributed by atoms with Gasteiger partial charge in [-0.15, -0.1) is 0 Å². The SMILES string of the molecule is CC1=C(c2ccc(F)cc2)C(c2ccccc2)Oc2ccc(C)cc21. The van der Waals surface area contributed by atoms with Crippen LogP contribution in [0, 0.1) is 12.7 Å². The molecule has 2 heteroatoms. The van der Waals surface area contributed by atoms with Crippen molar-refractivity contribution in [3.05, 3.63) is 101 Å². The molecule has 0 N–H and O–H groups in total. The molecule has 0 fully saturated rings. The Kier molecular flexibility index (Phi) is 3.89. The third-order valence-corrected chi connectivity index (χ3v) is 4.71. The molecule has 1 nitrogen and oxygen atoms in total. The van der Waals surface area contributed by atoms with E-state index in [0.717, 1.165) is 28.0 Å². The highest BCUT2D eigenvalue weighted by Gasteiger charge is 2.29. The molecule has 4 rings (SSSR count). The third kappa shape index (κ3) is 2.85. The summed E-state index contributed by atoms with van der Waals surface area (Å²) in [4.78, 5) is 0. The Labute approximate surface area is 147 Å². The number of ether oxygens (including phenoxy) is 1. The van der Waals surface area contributed by atoms with E-state index in [4.69, 9.17) is 4.74 Å². The van der Waals surface area contributed by atoms with Crippen molar-refractivity contribution in [2.24, 2.45) is 0 Å². The number of hydrogen-bond donors (Lipinski definition) is 0. The Balaban J connectivity index is 1.94. The second-order valence-corrected chi connectivity index (χ2v) is 6.45. The molecule has 3 aromatic carbocycles. The molecule has 25 heavy (non-hydrogen) atoms. The quantitative estimate of drug-likeness (QED) is 0.543. The molecule has 0 radical (unpaired) electrons. The van der Waals surface area contributed by atoms with Crippen LogP contribution >= 0.6 is 0 Å². The summed E-state index contributed by atoms with van der Waals surface area (Å²) in [5.41, 5.74) is 6.63. The largest absolute Gasteiger partial charge is 0.480 e. The maximum absolute atomic E-state index is 13.4. The van der Waals surface area contributed by atoms with Crippen LogP contribution < -0.4 is 4.74 Å². The van der Waals surface area contributed by atoms with Gasteiger partial charge in [0, 0.05) is 11.1 Å². The van der Waals surface area contributed by atoms with Gasteiger partial charge in [-0.1, -0.05) is 54.1 Å². The summed E-state index contributed by atoms with van der Waals surface area (Å²) in [6, 6.07) is 23.1. The summed E-state index contributed by atoms with van der Waals surface area (Å²) in [5.74, 6) is 0.661. The first-order valence-corrected chi connectivity index (χ1v) is 8.43. The lowest BCUT2D eigenvalue weighted by molar-refractivity contribution is 0.260. The summed E-state index contributed by atoms with van der Waals surface area (Å²) >= 11 is 0. The maximum Gasteiger partial charge on any atom is 0.150 e. The van der Waals surface area contributed by atoms with Gasteiger partial charge in [0.05, 0.1) is 0 Å². The predicted octanol–water partition coefficient (Wildman–Crippen LogP) is 6.20. The number of rotatable bonds is 2. The molecule has 1 unspecified atom stereocenters. The fourth-order valence-corrected chi connectivity index (χ4v) is 3.43. The summed E-state index contributed by atoms with van der Waals surface area (Å²) in [7, 11) is 0. The van der Waals surface area contributed by atoms with Crippen LogP contribution in [0.15, 0.2) is 72.8 Å². The first-order chi connectivity index (χ1) is 12.1. The van der Waals surface area contributed by atoms with Crippen molar-refractivity contribution >= 4 is 11.1 Å². The molecule has 0 aliphatic carbocycles. The highest BCUT2D eigenvalue weighted by molar-refractivity contribution is 5.95. The lowest BCUT2D eigenvalue weighted by Gasteiger charge is -2.31. The average molecular weight is 330 g/mol. The van der Waals surface area contributed by atoms with Crippen LogP contribution in [0.5, 0.6) is 5.75 Å². The first kappa shape index (κ1) is 15.6. The summed E-state index contributed by atoms with van der Waals surface area (Å²) in [6.45, 7) is 4.20. The minimum absolute atomic E-state index is 0.207. The normalized spacial score (nSPS) is 16.4. The Morgan fingerprint density at radius 1 is 0.840 bits per heavy atom. The molecule has 3 aromatic rings. The van der Waals surface area contributed by atoms with E-state index in [1.165, 1.54) is 23.3 Å². The van der Waals surface area contributed by atoms with Crippen molar-refractivity contribution in [1.82, 2.24) is 0 Å². The van der Waals surface area contributed by atoms with Crippen molar-refractivity contribution in [3.63, 3.8) is 0 Å². The first-order valence-electron chi connectivity index (χ1n) is 8.43. The molecule has 1 aliphatic heterocycles. The molecule has 0 bridgehead atoms.